The summed E-state index contributed by atoms with van der Waals surface area (Å²) in [4.78, 5) is 0.0337. The van der Waals surface area contributed by atoms with Crippen LogP contribution < -0.4 is 0 Å². The molecule has 0 radical (unpaired) electrons. The average molecular weight is 306 g/mol. The van der Waals surface area contributed by atoms with Crippen LogP contribution in [0.15, 0.2) is 51.1 Å². The molecule has 102 valence electrons. The Morgan fingerprint density at radius 1 is 1.35 bits per heavy atom. The van der Waals surface area contributed by atoms with Gasteiger partial charge in [0.25, 0.3) is 0 Å². The topological polar surface area (TPSA) is 79.5 Å². The highest BCUT2D eigenvalue weighted by Crippen LogP contribution is 2.17. The van der Waals surface area contributed by atoms with Gasteiger partial charge in [0.05, 0.1) is 0 Å². The van der Waals surface area contributed by atoms with Crippen LogP contribution in [-0.2, 0) is 14.4 Å². The lowest BCUT2D eigenvalue weighted by atomic mass is 10.2. The Kier molecular flexibility index (Phi) is 4.17. The van der Waals surface area contributed by atoms with Crippen LogP contribution in [-0.4, -0.2) is 14.1 Å². The lowest BCUT2D eigenvalue weighted by Crippen LogP contribution is -2.07. The van der Waals surface area contributed by atoms with E-state index in [0.29, 0.717) is 11.1 Å². The van der Waals surface area contributed by atoms with Gasteiger partial charge in [0.2, 0.25) is 0 Å². The number of thiophene rings is 1. The summed E-state index contributed by atoms with van der Waals surface area (Å²) in [5, 5.41) is 15.9. The van der Waals surface area contributed by atoms with Crippen LogP contribution in [0.25, 0.3) is 0 Å². The van der Waals surface area contributed by atoms with Gasteiger partial charge in [0.1, 0.15) is 11.0 Å². The van der Waals surface area contributed by atoms with E-state index in [4.69, 9.17) is 5.26 Å². The average Bonchev–Trinajstić information content (AvgIpc) is 2.94. The van der Waals surface area contributed by atoms with Gasteiger partial charge in [-0.2, -0.15) is 25.0 Å². The summed E-state index contributed by atoms with van der Waals surface area (Å²) in [5.41, 5.74) is 0.998. The number of benzene rings is 1. The SMILES string of the molecule is Cc1ccccc1S(=O)(=O)ON=C(C#N)c1ccsc1. The molecule has 0 aliphatic carbocycles. The lowest BCUT2D eigenvalue weighted by Gasteiger charge is -2.04. The molecule has 0 fully saturated rings. The number of rotatable bonds is 4. The summed E-state index contributed by atoms with van der Waals surface area (Å²) in [6.07, 6.45) is 0. The second-order valence-corrected chi connectivity index (χ2v) is 6.14. The molecule has 1 heterocycles. The number of nitrogens with zero attached hydrogens (tertiary/aromatic N) is 2. The fourth-order valence-corrected chi connectivity index (χ4v) is 3.10. The molecule has 0 amide bonds. The van der Waals surface area contributed by atoms with Crippen LogP contribution >= 0.6 is 11.3 Å². The standard InChI is InChI=1S/C13H10N2O3S2/c1-10-4-2-3-5-13(10)20(16,17)18-15-12(8-14)11-6-7-19-9-11/h2-7,9H,1H3. The van der Waals surface area contributed by atoms with Crippen molar-refractivity contribution in [2.75, 3.05) is 0 Å². The second-order valence-electron chi connectivity index (χ2n) is 3.86. The maximum Gasteiger partial charge on any atom is 0.358 e. The van der Waals surface area contributed by atoms with E-state index >= 15 is 0 Å². The van der Waals surface area contributed by atoms with Crippen molar-refractivity contribution in [2.45, 2.75) is 11.8 Å². The maximum absolute atomic E-state index is 12.0. The van der Waals surface area contributed by atoms with Crippen LogP contribution in [0.2, 0.25) is 0 Å². The quantitative estimate of drug-likeness (QED) is 0.642. The van der Waals surface area contributed by atoms with E-state index in [-0.39, 0.29) is 10.6 Å². The molecule has 0 saturated carbocycles. The van der Waals surface area contributed by atoms with Crippen molar-refractivity contribution in [3.8, 4) is 6.07 Å². The lowest BCUT2D eigenvalue weighted by molar-refractivity contribution is 0.339. The summed E-state index contributed by atoms with van der Waals surface area (Å²) in [5.74, 6) is 0. The minimum Gasteiger partial charge on any atom is -0.263 e. The number of nitriles is 1. The fourth-order valence-electron chi connectivity index (χ4n) is 1.50. The zero-order valence-corrected chi connectivity index (χ0v) is 12.1. The number of hydrogen-bond donors (Lipinski definition) is 0. The smallest absolute Gasteiger partial charge is 0.263 e. The maximum atomic E-state index is 12.0. The second kappa shape index (κ2) is 5.86. The predicted molar refractivity (Wildman–Crippen MR) is 75.9 cm³/mol. The molecule has 0 aliphatic heterocycles. The molecule has 0 saturated heterocycles. The van der Waals surface area contributed by atoms with Gasteiger partial charge in [-0.05, 0) is 30.0 Å². The van der Waals surface area contributed by atoms with Crippen molar-refractivity contribution in [1.29, 1.82) is 5.26 Å². The van der Waals surface area contributed by atoms with Gasteiger partial charge >= 0.3 is 10.1 Å². The van der Waals surface area contributed by atoms with Crippen LogP contribution in [0.4, 0.5) is 0 Å². The number of aryl methyl sites for hydroxylation is 1. The third-order valence-corrected chi connectivity index (χ3v) is 4.44. The number of oxime groups is 1. The molecular weight excluding hydrogens is 296 g/mol. The molecule has 0 bridgehead atoms. The normalized spacial score (nSPS) is 11.9. The van der Waals surface area contributed by atoms with Crippen molar-refractivity contribution < 1.29 is 12.7 Å². The monoisotopic (exact) mass is 306 g/mol. The Labute approximate surface area is 120 Å². The van der Waals surface area contributed by atoms with E-state index in [0.717, 1.165) is 0 Å². The highest BCUT2D eigenvalue weighted by atomic mass is 32.2. The first-order valence-electron chi connectivity index (χ1n) is 5.54. The molecule has 0 aliphatic rings. The van der Waals surface area contributed by atoms with Crippen molar-refractivity contribution in [3.05, 3.63) is 52.2 Å². The largest absolute Gasteiger partial charge is 0.358 e. The predicted octanol–water partition coefficient (Wildman–Crippen LogP) is 2.69. The van der Waals surface area contributed by atoms with Crippen molar-refractivity contribution in [1.82, 2.24) is 0 Å². The van der Waals surface area contributed by atoms with Gasteiger partial charge in [0, 0.05) is 10.9 Å². The Morgan fingerprint density at radius 3 is 2.70 bits per heavy atom. The van der Waals surface area contributed by atoms with E-state index < -0.39 is 10.1 Å². The van der Waals surface area contributed by atoms with E-state index in [2.05, 4.69) is 9.44 Å². The Hall–Kier alpha value is -2.17. The molecular formula is C13H10N2O3S2. The minimum atomic E-state index is -4.02. The number of hydrogen-bond acceptors (Lipinski definition) is 6. The van der Waals surface area contributed by atoms with Gasteiger partial charge in [0.15, 0.2) is 5.71 Å². The Balaban J connectivity index is 2.30. The van der Waals surface area contributed by atoms with E-state index in [1.807, 2.05) is 6.07 Å². The third-order valence-electron chi connectivity index (χ3n) is 2.49. The van der Waals surface area contributed by atoms with Crippen molar-refractivity contribution >= 4 is 27.2 Å². The van der Waals surface area contributed by atoms with Crippen molar-refractivity contribution in [3.63, 3.8) is 0 Å². The van der Waals surface area contributed by atoms with Crippen molar-refractivity contribution in [2.24, 2.45) is 5.16 Å². The summed E-state index contributed by atoms with van der Waals surface area (Å²) in [6, 6.07) is 9.88. The van der Waals surface area contributed by atoms with E-state index in [1.54, 1.807) is 41.9 Å². The fraction of sp³-hybridized carbons (Fsp3) is 0.0769. The molecule has 1 aromatic carbocycles. The van der Waals surface area contributed by atoms with Crippen LogP contribution in [0.3, 0.4) is 0 Å². The molecule has 0 N–H and O–H groups in total. The van der Waals surface area contributed by atoms with Crippen LogP contribution in [0.1, 0.15) is 11.1 Å². The van der Waals surface area contributed by atoms with Gasteiger partial charge in [-0.1, -0.05) is 23.4 Å². The van der Waals surface area contributed by atoms with Gasteiger partial charge in [-0.25, -0.2) is 0 Å². The summed E-state index contributed by atoms with van der Waals surface area (Å²) in [7, 11) is -4.02. The van der Waals surface area contributed by atoms with Gasteiger partial charge < -0.3 is 0 Å². The first-order valence-corrected chi connectivity index (χ1v) is 7.89. The summed E-state index contributed by atoms with van der Waals surface area (Å²) < 4.78 is 28.6. The van der Waals surface area contributed by atoms with E-state index in [1.165, 1.54) is 17.4 Å². The molecule has 0 atom stereocenters. The minimum absolute atomic E-state index is 0.0337. The Morgan fingerprint density at radius 2 is 2.10 bits per heavy atom. The van der Waals surface area contributed by atoms with Gasteiger partial charge in [-0.15, -0.1) is 0 Å². The van der Waals surface area contributed by atoms with Crippen LogP contribution in [0.5, 0.6) is 0 Å². The molecule has 5 nitrogen and oxygen atoms in total. The van der Waals surface area contributed by atoms with Crippen LogP contribution in [0, 0.1) is 18.3 Å². The molecule has 0 unspecified atom stereocenters. The first kappa shape index (κ1) is 14.2. The summed E-state index contributed by atoms with van der Waals surface area (Å²) >= 11 is 1.38. The molecule has 2 aromatic rings. The highest BCUT2D eigenvalue weighted by molar-refractivity contribution is 7.86. The zero-order valence-electron chi connectivity index (χ0n) is 10.5. The third kappa shape index (κ3) is 3.04. The first-order chi connectivity index (χ1) is 9.54. The van der Waals surface area contributed by atoms with E-state index in [9.17, 15) is 8.42 Å². The van der Waals surface area contributed by atoms with Gasteiger partial charge in [-0.3, -0.25) is 4.28 Å². The Bertz CT molecular complexity index is 772. The molecule has 0 spiro atoms. The molecule has 7 heteroatoms. The summed E-state index contributed by atoms with van der Waals surface area (Å²) in [6.45, 7) is 1.66. The molecule has 20 heavy (non-hydrogen) atoms. The molecule has 2 rings (SSSR count). The highest BCUT2D eigenvalue weighted by Gasteiger charge is 2.18. The molecule has 1 aromatic heterocycles. The zero-order chi connectivity index (χ0) is 14.6.